The maximum Gasteiger partial charge on any atom is 0.350 e. The lowest BCUT2D eigenvalue weighted by atomic mass is 10.1. The zero-order valence-electron chi connectivity index (χ0n) is 7.86. The molecule has 16 heavy (non-hydrogen) atoms. The molecule has 8 heteroatoms. The van der Waals surface area contributed by atoms with Crippen molar-refractivity contribution in [2.75, 3.05) is 7.11 Å². The second-order valence-electron chi connectivity index (χ2n) is 2.66. The Bertz CT molecular complexity index is 474. The number of carboxylic acids is 1. The van der Waals surface area contributed by atoms with E-state index in [9.17, 15) is 23.7 Å². The summed E-state index contributed by atoms with van der Waals surface area (Å²) in [6.07, 6.45) is 0. The number of aromatic carboxylic acids is 1. The van der Waals surface area contributed by atoms with Crippen molar-refractivity contribution in [2.45, 2.75) is 0 Å². The zero-order chi connectivity index (χ0) is 12.5. The van der Waals surface area contributed by atoms with Crippen molar-refractivity contribution in [2.24, 2.45) is 0 Å². The summed E-state index contributed by atoms with van der Waals surface area (Å²) >= 11 is 0. The summed E-state index contributed by atoms with van der Waals surface area (Å²) in [7, 11) is 0.923. The van der Waals surface area contributed by atoms with Gasteiger partial charge in [-0.2, -0.15) is 4.39 Å². The van der Waals surface area contributed by atoms with E-state index < -0.39 is 39.5 Å². The maximum atomic E-state index is 13.1. The lowest BCUT2D eigenvalue weighted by Gasteiger charge is -2.06. The van der Waals surface area contributed by atoms with Crippen molar-refractivity contribution >= 4 is 11.7 Å². The Morgan fingerprint density at radius 3 is 2.50 bits per heavy atom. The smallest absolute Gasteiger partial charge is 0.350 e. The van der Waals surface area contributed by atoms with Crippen LogP contribution in [0.2, 0.25) is 0 Å². The Morgan fingerprint density at radius 1 is 1.56 bits per heavy atom. The van der Waals surface area contributed by atoms with Gasteiger partial charge in [0.05, 0.1) is 12.0 Å². The van der Waals surface area contributed by atoms with Crippen LogP contribution in [0.4, 0.5) is 14.5 Å². The van der Waals surface area contributed by atoms with Gasteiger partial charge in [0.1, 0.15) is 5.56 Å². The summed E-state index contributed by atoms with van der Waals surface area (Å²) in [6.45, 7) is 0. The van der Waals surface area contributed by atoms with Gasteiger partial charge < -0.3 is 9.84 Å². The topological polar surface area (TPSA) is 89.7 Å². The van der Waals surface area contributed by atoms with Crippen LogP contribution in [0.1, 0.15) is 10.4 Å². The highest BCUT2D eigenvalue weighted by Crippen LogP contribution is 2.35. The molecule has 0 amide bonds. The lowest BCUT2D eigenvalue weighted by molar-refractivity contribution is -0.388. The first-order valence-electron chi connectivity index (χ1n) is 3.83. The number of halogens is 2. The predicted octanol–water partition coefficient (Wildman–Crippen LogP) is 1.58. The number of carbonyl (C=O) groups is 1. The van der Waals surface area contributed by atoms with Crippen LogP contribution >= 0.6 is 0 Å². The molecule has 0 bridgehead atoms. The summed E-state index contributed by atoms with van der Waals surface area (Å²) in [6, 6.07) is 0.323. The molecule has 0 aliphatic carbocycles. The highest BCUT2D eigenvalue weighted by molar-refractivity contribution is 5.92. The fourth-order valence-electron chi connectivity index (χ4n) is 1.12. The van der Waals surface area contributed by atoms with Gasteiger partial charge in [0.25, 0.3) is 0 Å². The molecule has 0 fully saturated rings. The Labute approximate surface area is 87.2 Å². The van der Waals surface area contributed by atoms with Crippen molar-refractivity contribution in [3.8, 4) is 5.75 Å². The van der Waals surface area contributed by atoms with Gasteiger partial charge in [0, 0.05) is 0 Å². The van der Waals surface area contributed by atoms with Crippen LogP contribution < -0.4 is 4.74 Å². The van der Waals surface area contributed by atoms with Crippen LogP contribution in [0.5, 0.6) is 5.75 Å². The summed E-state index contributed by atoms with van der Waals surface area (Å²) in [5.74, 6) is -5.85. The number of nitro groups is 1. The van der Waals surface area contributed by atoms with Crippen LogP contribution in [0.25, 0.3) is 0 Å². The number of rotatable bonds is 3. The minimum absolute atomic E-state index is 0.323. The van der Waals surface area contributed by atoms with E-state index in [1.54, 1.807) is 0 Å². The third kappa shape index (κ3) is 1.76. The van der Waals surface area contributed by atoms with Gasteiger partial charge in [0.15, 0.2) is 5.82 Å². The molecule has 1 N–H and O–H groups in total. The van der Waals surface area contributed by atoms with Crippen molar-refractivity contribution in [1.29, 1.82) is 0 Å². The highest BCUT2D eigenvalue weighted by Gasteiger charge is 2.31. The number of hydrogen-bond donors (Lipinski definition) is 1. The van der Waals surface area contributed by atoms with Crippen LogP contribution in [0, 0.1) is 21.7 Å². The first-order valence-corrected chi connectivity index (χ1v) is 3.83. The molecule has 1 aromatic rings. The van der Waals surface area contributed by atoms with Crippen LogP contribution in [-0.2, 0) is 0 Å². The van der Waals surface area contributed by atoms with E-state index in [1.165, 1.54) is 0 Å². The van der Waals surface area contributed by atoms with Crippen molar-refractivity contribution < 1.29 is 28.3 Å². The zero-order valence-corrected chi connectivity index (χ0v) is 7.86. The van der Waals surface area contributed by atoms with Crippen molar-refractivity contribution in [3.05, 3.63) is 33.4 Å². The molecule has 1 rings (SSSR count). The number of benzene rings is 1. The van der Waals surface area contributed by atoms with Crippen LogP contribution in [0.3, 0.4) is 0 Å². The predicted molar refractivity (Wildman–Crippen MR) is 46.5 cm³/mol. The van der Waals surface area contributed by atoms with Crippen molar-refractivity contribution in [3.63, 3.8) is 0 Å². The molecule has 86 valence electrons. The van der Waals surface area contributed by atoms with E-state index in [4.69, 9.17) is 5.11 Å². The number of nitro benzene ring substituents is 1. The molecule has 0 saturated carbocycles. The van der Waals surface area contributed by atoms with E-state index in [1.807, 2.05) is 0 Å². The van der Waals surface area contributed by atoms with Gasteiger partial charge in [0.2, 0.25) is 11.6 Å². The summed E-state index contributed by atoms with van der Waals surface area (Å²) in [5, 5.41) is 19.1. The Kier molecular flexibility index (Phi) is 3.02. The largest absolute Gasteiger partial charge is 0.489 e. The van der Waals surface area contributed by atoms with E-state index in [0.717, 1.165) is 7.11 Å². The molecule has 6 nitrogen and oxygen atoms in total. The van der Waals surface area contributed by atoms with Gasteiger partial charge in [-0.05, 0) is 6.07 Å². The van der Waals surface area contributed by atoms with Crippen molar-refractivity contribution in [1.82, 2.24) is 0 Å². The maximum absolute atomic E-state index is 13.1. The van der Waals surface area contributed by atoms with E-state index >= 15 is 0 Å². The molecular formula is C8H5F2NO5. The molecule has 0 saturated heterocycles. The van der Waals surface area contributed by atoms with Crippen LogP contribution in [0.15, 0.2) is 6.07 Å². The number of hydrogen-bond acceptors (Lipinski definition) is 4. The minimum atomic E-state index is -1.76. The lowest BCUT2D eigenvalue weighted by Crippen LogP contribution is -2.07. The Hall–Kier alpha value is -2.25. The summed E-state index contributed by atoms with van der Waals surface area (Å²) < 4.78 is 30.3. The normalized spacial score (nSPS) is 9.94. The molecule has 0 radical (unpaired) electrons. The fourth-order valence-corrected chi connectivity index (χ4v) is 1.12. The van der Waals surface area contributed by atoms with Crippen LogP contribution in [-0.4, -0.2) is 23.1 Å². The summed E-state index contributed by atoms with van der Waals surface area (Å²) in [5.41, 5.74) is -2.15. The average molecular weight is 233 g/mol. The SMILES string of the molecule is COc1c(C(=O)O)cc(F)c(F)c1[N+](=O)[O-]. The molecule has 1 aromatic carbocycles. The number of carboxylic acid groups (broad SMARTS) is 1. The standard InChI is InChI=1S/C8H5F2NO5/c1-16-7-3(8(12)13)2-4(9)5(10)6(7)11(14)15/h2H,1H3,(H,12,13). The Balaban J connectivity index is 3.68. The second-order valence-corrected chi connectivity index (χ2v) is 2.66. The molecule has 0 spiro atoms. The van der Waals surface area contributed by atoms with Gasteiger partial charge in [-0.1, -0.05) is 0 Å². The molecule has 0 aromatic heterocycles. The second kappa shape index (κ2) is 4.09. The number of ether oxygens (including phenoxy) is 1. The molecule has 0 atom stereocenters. The molecular weight excluding hydrogens is 228 g/mol. The number of methoxy groups -OCH3 is 1. The highest BCUT2D eigenvalue weighted by atomic mass is 19.2. The molecule has 0 unspecified atom stereocenters. The van der Waals surface area contributed by atoms with Gasteiger partial charge in [-0.3, -0.25) is 10.1 Å². The van der Waals surface area contributed by atoms with Gasteiger partial charge in [-0.15, -0.1) is 0 Å². The molecule has 0 aliphatic heterocycles. The quantitative estimate of drug-likeness (QED) is 0.632. The third-order valence-corrected chi connectivity index (χ3v) is 1.77. The number of nitrogens with zero attached hydrogens (tertiary/aromatic N) is 1. The molecule has 0 heterocycles. The first-order chi connectivity index (χ1) is 7.40. The molecule has 0 aliphatic rings. The Morgan fingerprint density at radius 2 is 2.12 bits per heavy atom. The van der Waals surface area contributed by atoms with E-state index in [0.29, 0.717) is 6.07 Å². The van der Waals surface area contributed by atoms with E-state index in [-0.39, 0.29) is 0 Å². The van der Waals surface area contributed by atoms with Gasteiger partial charge >= 0.3 is 11.7 Å². The van der Waals surface area contributed by atoms with Gasteiger partial charge in [-0.25, -0.2) is 9.18 Å². The minimum Gasteiger partial charge on any atom is -0.489 e. The third-order valence-electron chi connectivity index (χ3n) is 1.77. The average Bonchev–Trinajstić information content (AvgIpc) is 2.20. The van der Waals surface area contributed by atoms with E-state index in [2.05, 4.69) is 4.74 Å². The summed E-state index contributed by atoms with van der Waals surface area (Å²) in [4.78, 5) is 19.8. The fraction of sp³-hybridized carbons (Fsp3) is 0.125. The monoisotopic (exact) mass is 233 g/mol. The first kappa shape index (κ1) is 11.8.